The Labute approximate surface area is 124 Å². The van der Waals surface area contributed by atoms with Crippen LogP contribution in [0.1, 0.15) is 66.2 Å². The molecular weight excluding hydrogens is 252 g/mol. The van der Waals surface area contributed by atoms with Gasteiger partial charge < -0.3 is 15.4 Å². The van der Waals surface area contributed by atoms with Crippen molar-refractivity contribution >= 4 is 5.91 Å². The van der Waals surface area contributed by atoms with Crippen molar-refractivity contribution < 1.29 is 9.53 Å². The fourth-order valence-electron chi connectivity index (χ4n) is 2.48. The molecule has 2 N–H and O–H groups in total. The van der Waals surface area contributed by atoms with Crippen molar-refractivity contribution in [1.29, 1.82) is 0 Å². The van der Waals surface area contributed by atoms with Crippen LogP contribution in [0.2, 0.25) is 0 Å². The van der Waals surface area contributed by atoms with E-state index in [4.69, 9.17) is 4.74 Å². The van der Waals surface area contributed by atoms with Gasteiger partial charge in [-0.25, -0.2) is 0 Å². The maximum absolute atomic E-state index is 11.8. The third-order valence-electron chi connectivity index (χ3n) is 4.17. The average molecular weight is 284 g/mol. The van der Waals surface area contributed by atoms with E-state index in [0.717, 1.165) is 38.6 Å². The Morgan fingerprint density at radius 1 is 1.20 bits per heavy atom. The monoisotopic (exact) mass is 284 g/mol. The number of nitrogens with one attached hydrogen (secondary N) is 2. The normalized spacial score (nSPS) is 23.6. The van der Waals surface area contributed by atoms with Gasteiger partial charge in [-0.3, -0.25) is 4.79 Å². The van der Waals surface area contributed by atoms with Crippen LogP contribution in [-0.2, 0) is 9.53 Å². The van der Waals surface area contributed by atoms with Crippen LogP contribution in [0.15, 0.2) is 0 Å². The average Bonchev–Trinajstić information content (AvgIpc) is 2.43. The lowest BCUT2D eigenvalue weighted by atomic mass is 9.93. The molecule has 0 aromatic rings. The largest absolute Gasteiger partial charge is 0.368 e. The van der Waals surface area contributed by atoms with Crippen LogP contribution in [-0.4, -0.2) is 36.7 Å². The van der Waals surface area contributed by atoms with Gasteiger partial charge in [-0.15, -0.1) is 0 Å². The first-order valence-corrected chi connectivity index (χ1v) is 8.13. The van der Waals surface area contributed by atoms with Gasteiger partial charge in [0.05, 0.1) is 6.10 Å². The van der Waals surface area contributed by atoms with Crippen LogP contribution in [0.4, 0.5) is 0 Å². The minimum Gasteiger partial charge on any atom is -0.368 e. The summed E-state index contributed by atoms with van der Waals surface area (Å²) < 4.78 is 5.75. The van der Waals surface area contributed by atoms with Crippen molar-refractivity contribution in [1.82, 2.24) is 10.6 Å². The number of rotatable bonds is 8. The summed E-state index contributed by atoms with van der Waals surface area (Å²) >= 11 is 0. The van der Waals surface area contributed by atoms with E-state index in [0.29, 0.717) is 6.04 Å². The maximum atomic E-state index is 11.8. The predicted molar refractivity (Wildman–Crippen MR) is 82.8 cm³/mol. The van der Waals surface area contributed by atoms with Crippen molar-refractivity contribution in [2.24, 2.45) is 0 Å². The van der Waals surface area contributed by atoms with E-state index in [-0.39, 0.29) is 24.2 Å². The van der Waals surface area contributed by atoms with Gasteiger partial charge in [0, 0.05) is 11.6 Å². The summed E-state index contributed by atoms with van der Waals surface area (Å²) in [7, 11) is 0. The molecule has 0 radical (unpaired) electrons. The minimum absolute atomic E-state index is 0.00285. The second-order valence-electron chi connectivity index (χ2n) is 6.52. The number of carbonyl (C=O) groups excluding carboxylic acids is 1. The number of carbonyl (C=O) groups is 1. The van der Waals surface area contributed by atoms with Crippen molar-refractivity contribution in [2.75, 3.05) is 13.2 Å². The Morgan fingerprint density at radius 2 is 1.85 bits per heavy atom. The van der Waals surface area contributed by atoms with Gasteiger partial charge in [0.25, 0.3) is 0 Å². The molecule has 1 aliphatic carbocycles. The van der Waals surface area contributed by atoms with Gasteiger partial charge in [-0.1, -0.05) is 13.8 Å². The van der Waals surface area contributed by atoms with Gasteiger partial charge in [0.2, 0.25) is 5.91 Å². The van der Waals surface area contributed by atoms with E-state index in [9.17, 15) is 4.79 Å². The van der Waals surface area contributed by atoms with Crippen molar-refractivity contribution in [3.63, 3.8) is 0 Å². The summed E-state index contributed by atoms with van der Waals surface area (Å²) in [6.07, 6.45) is 6.80. The molecule has 0 heterocycles. The zero-order chi connectivity index (χ0) is 15.0. The van der Waals surface area contributed by atoms with Gasteiger partial charge in [0.15, 0.2) is 0 Å². The molecule has 0 atom stereocenters. The second-order valence-corrected chi connectivity index (χ2v) is 6.52. The maximum Gasteiger partial charge on any atom is 0.246 e. The lowest BCUT2D eigenvalue weighted by Gasteiger charge is -2.30. The van der Waals surface area contributed by atoms with Crippen molar-refractivity contribution in [2.45, 2.75) is 83.9 Å². The first-order chi connectivity index (χ1) is 9.46. The summed E-state index contributed by atoms with van der Waals surface area (Å²) in [6.45, 7) is 9.64. The van der Waals surface area contributed by atoms with E-state index in [1.807, 2.05) is 13.8 Å². The predicted octanol–water partition coefficient (Wildman–Crippen LogP) is 2.62. The number of hydrogen-bond acceptors (Lipinski definition) is 3. The fourth-order valence-corrected chi connectivity index (χ4v) is 2.48. The van der Waals surface area contributed by atoms with E-state index in [2.05, 4.69) is 24.5 Å². The highest BCUT2D eigenvalue weighted by molar-refractivity contribution is 5.77. The highest BCUT2D eigenvalue weighted by Gasteiger charge is 2.23. The summed E-state index contributed by atoms with van der Waals surface area (Å²) in [5.74, 6) is 0.00285. The van der Waals surface area contributed by atoms with Crippen LogP contribution in [0.5, 0.6) is 0 Å². The Bertz CT molecular complexity index is 284. The van der Waals surface area contributed by atoms with E-state index in [1.165, 1.54) is 6.42 Å². The van der Waals surface area contributed by atoms with E-state index in [1.54, 1.807) is 0 Å². The van der Waals surface area contributed by atoms with Gasteiger partial charge in [-0.2, -0.15) is 0 Å². The highest BCUT2D eigenvalue weighted by Crippen LogP contribution is 2.21. The molecule has 1 aliphatic rings. The first kappa shape index (κ1) is 17.4. The molecule has 1 rings (SSSR count). The zero-order valence-electron chi connectivity index (χ0n) is 13.6. The molecular formula is C16H32N2O2. The third kappa shape index (κ3) is 6.71. The minimum atomic E-state index is -0.137. The van der Waals surface area contributed by atoms with E-state index >= 15 is 0 Å². The molecule has 0 saturated heterocycles. The topological polar surface area (TPSA) is 50.4 Å². The van der Waals surface area contributed by atoms with Crippen LogP contribution in [0.25, 0.3) is 0 Å². The molecule has 0 aromatic heterocycles. The Morgan fingerprint density at radius 3 is 2.40 bits per heavy atom. The number of hydrogen-bond donors (Lipinski definition) is 2. The molecule has 1 saturated carbocycles. The molecule has 1 amide bonds. The zero-order valence-corrected chi connectivity index (χ0v) is 13.6. The molecule has 0 spiro atoms. The molecule has 0 aromatic carbocycles. The van der Waals surface area contributed by atoms with Gasteiger partial charge in [0.1, 0.15) is 6.61 Å². The lowest BCUT2D eigenvalue weighted by molar-refractivity contribution is -0.130. The lowest BCUT2D eigenvalue weighted by Crippen LogP contribution is -2.45. The molecule has 20 heavy (non-hydrogen) atoms. The van der Waals surface area contributed by atoms with Crippen LogP contribution >= 0.6 is 0 Å². The van der Waals surface area contributed by atoms with E-state index < -0.39 is 0 Å². The Balaban J connectivity index is 2.16. The Kier molecular flexibility index (Phi) is 7.52. The quantitative estimate of drug-likeness (QED) is 0.720. The summed E-state index contributed by atoms with van der Waals surface area (Å²) in [4.78, 5) is 11.8. The fraction of sp³-hybridized carbons (Fsp3) is 0.938. The molecule has 0 bridgehead atoms. The highest BCUT2D eigenvalue weighted by atomic mass is 16.5. The molecule has 1 fully saturated rings. The smallest absolute Gasteiger partial charge is 0.246 e. The SMILES string of the molecule is CCCNC1CCC(OCC(=O)NC(C)(C)CC)CC1. The Hall–Kier alpha value is -0.610. The summed E-state index contributed by atoms with van der Waals surface area (Å²) in [5.41, 5.74) is -0.137. The molecule has 0 aliphatic heterocycles. The van der Waals surface area contributed by atoms with Crippen molar-refractivity contribution in [3.05, 3.63) is 0 Å². The first-order valence-electron chi connectivity index (χ1n) is 8.13. The van der Waals surface area contributed by atoms with Gasteiger partial charge >= 0.3 is 0 Å². The van der Waals surface area contributed by atoms with Crippen LogP contribution in [0.3, 0.4) is 0 Å². The number of ether oxygens (including phenoxy) is 1. The standard InChI is InChI=1S/C16H32N2O2/c1-5-11-17-13-7-9-14(10-8-13)20-12-15(19)18-16(3,4)6-2/h13-14,17H,5-12H2,1-4H3,(H,18,19). The molecule has 118 valence electrons. The second kappa shape index (κ2) is 8.63. The number of amides is 1. The third-order valence-corrected chi connectivity index (χ3v) is 4.17. The summed E-state index contributed by atoms with van der Waals surface area (Å²) in [6, 6.07) is 0.641. The summed E-state index contributed by atoms with van der Waals surface area (Å²) in [5, 5.41) is 6.57. The van der Waals surface area contributed by atoms with Crippen LogP contribution < -0.4 is 10.6 Å². The van der Waals surface area contributed by atoms with Crippen LogP contribution in [0, 0.1) is 0 Å². The van der Waals surface area contributed by atoms with Gasteiger partial charge in [-0.05, 0) is 58.9 Å². The van der Waals surface area contributed by atoms with Crippen molar-refractivity contribution in [3.8, 4) is 0 Å². The molecule has 4 heteroatoms. The molecule has 4 nitrogen and oxygen atoms in total. The molecule has 0 unspecified atom stereocenters.